The highest BCUT2D eigenvalue weighted by atomic mass is 127. The molecule has 0 amide bonds. The molecule has 0 aromatic carbocycles. The Hall–Kier alpha value is -0.410. The molecule has 2 N–H and O–H groups in total. The average molecular weight is 424 g/mol. The number of thiazole rings is 1. The van der Waals surface area contributed by atoms with Crippen molar-refractivity contribution >= 4 is 41.3 Å². The number of hydrogen-bond donors (Lipinski definition) is 2. The summed E-state index contributed by atoms with van der Waals surface area (Å²) in [6, 6.07) is 0. The van der Waals surface area contributed by atoms with Crippen LogP contribution in [0.2, 0.25) is 0 Å². The maximum Gasteiger partial charge on any atom is 0.191 e. The minimum Gasteiger partial charge on any atom is -0.373 e. The molecule has 120 valence electrons. The van der Waals surface area contributed by atoms with Gasteiger partial charge in [0.2, 0.25) is 0 Å². The maximum atomic E-state index is 5.79. The molecule has 1 aromatic heterocycles. The molecule has 0 saturated carbocycles. The Labute approximate surface area is 148 Å². The standard InChI is InChI=1S/C14H24N4OS.HI/c1-4-15-13(16-8-12-11(2)18-10-20-12)17-9-14(3)6-5-7-19-14;/h10H,4-9H2,1-3H3,(H2,15,16,17);1H. The third kappa shape index (κ3) is 5.71. The van der Waals surface area contributed by atoms with Crippen LogP contribution in [-0.4, -0.2) is 36.2 Å². The van der Waals surface area contributed by atoms with Gasteiger partial charge in [-0.25, -0.2) is 9.98 Å². The van der Waals surface area contributed by atoms with Crippen molar-refractivity contribution in [2.45, 2.75) is 45.8 Å². The molecule has 1 fully saturated rings. The summed E-state index contributed by atoms with van der Waals surface area (Å²) in [6.45, 7) is 9.43. The highest BCUT2D eigenvalue weighted by Crippen LogP contribution is 2.23. The fraction of sp³-hybridized carbons (Fsp3) is 0.714. The minimum atomic E-state index is -0.0589. The molecule has 1 atom stereocenters. The van der Waals surface area contributed by atoms with E-state index in [4.69, 9.17) is 4.74 Å². The van der Waals surface area contributed by atoms with Crippen molar-refractivity contribution in [1.29, 1.82) is 0 Å². The average Bonchev–Trinajstić information content (AvgIpc) is 3.03. The molecular weight excluding hydrogens is 399 g/mol. The molecule has 1 aromatic rings. The lowest BCUT2D eigenvalue weighted by Gasteiger charge is -2.24. The van der Waals surface area contributed by atoms with Gasteiger partial charge in [0.15, 0.2) is 5.96 Å². The van der Waals surface area contributed by atoms with E-state index >= 15 is 0 Å². The zero-order valence-corrected chi connectivity index (χ0v) is 16.1. The van der Waals surface area contributed by atoms with Crippen LogP contribution < -0.4 is 10.6 Å². The first kappa shape index (κ1) is 18.6. The molecule has 0 spiro atoms. The van der Waals surface area contributed by atoms with Crippen molar-refractivity contribution in [2.24, 2.45) is 4.99 Å². The Bertz CT molecular complexity index is 458. The van der Waals surface area contributed by atoms with Gasteiger partial charge in [-0.05, 0) is 33.6 Å². The molecule has 0 aliphatic carbocycles. The normalized spacial score (nSPS) is 22.0. The summed E-state index contributed by atoms with van der Waals surface area (Å²) in [5.41, 5.74) is 2.88. The molecule has 1 unspecified atom stereocenters. The number of rotatable bonds is 5. The first-order chi connectivity index (χ1) is 9.63. The van der Waals surface area contributed by atoms with Crippen molar-refractivity contribution in [3.63, 3.8) is 0 Å². The van der Waals surface area contributed by atoms with Gasteiger partial charge in [-0.15, -0.1) is 35.3 Å². The van der Waals surface area contributed by atoms with E-state index in [2.05, 4.69) is 34.5 Å². The van der Waals surface area contributed by atoms with Gasteiger partial charge in [0.25, 0.3) is 0 Å². The number of ether oxygens (including phenoxy) is 1. The fourth-order valence-corrected chi connectivity index (χ4v) is 2.92. The van der Waals surface area contributed by atoms with Crippen LogP contribution in [0.15, 0.2) is 10.5 Å². The Morgan fingerprint density at radius 1 is 1.52 bits per heavy atom. The largest absolute Gasteiger partial charge is 0.373 e. The third-order valence-corrected chi connectivity index (χ3v) is 4.42. The molecular formula is C14H25IN4OS. The maximum absolute atomic E-state index is 5.79. The number of nitrogens with zero attached hydrogens (tertiary/aromatic N) is 2. The van der Waals surface area contributed by atoms with Crippen LogP contribution in [0.25, 0.3) is 0 Å². The van der Waals surface area contributed by atoms with Crippen molar-refractivity contribution in [2.75, 3.05) is 19.7 Å². The van der Waals surface area contributed by atoms with Gasteiger partial charge in [-0.1, -0.05) is 0 Å². The summed E-state index contributed by atoms with van der Waals surface area (Å²) in [6.07, 6.45) is 2.25. The van der Waals surface area contributed by atoms with Gasteiger partial charge in [0.05, 0.1) is 23.4 Å². The quantitative estimate of drug-likeness (QED) is 0.434. The van der Waals surface area contributed by atoms with Gasteiger partial charge in [0.1, 0.15) is 0 Å². The van der Waals surface area contributed by atoms with E-state index in [1.807, 2.05) is 12.4 Å². The Morgan fingerprint density at radius 2 is 2.33 bits per heavy atom. The summed E-state index contributed by atoms with van der Waals surface area (Å²) < 4.78 is 5.79. The Kier molecular flexibility index (Phi) is 7.89. The molecule has 1 aliphatic heterocycles. The summed E-state index contributed by atoms with van der Waals surface area (Å²) >= 11 is 1.65. The summed E-state index contributed by atoms with van der Waals surface area (Å²) in [5.74, 6) is 0.844. The van der Waals surface area contributed by atoms with E-state index < -0.39 is 0 Å². The fourth-order valence-electron chi connectivity index (χ4n) is 2.22. The van der Waals surface area contributed by atoms with E-state index in [1.54, 1.807) is 11.3 Å². The number of aromatic nitrogens is 1. The first-order valence-electron chi connectivity index (χ1n) is 7.18. The number of halogens is 1. The lowest BCUT2D eigenvalue weighted by molar-refractivity contribution is 0.0243. The number of guanidine groups is 1. The van der Waals surface area contributed by atoms with E-state index in [0.717, 1.165) is 44.2 Å². The van der Waals surface area contributed by atoms with Crippen LogP contribution >= 0.6 is 35.3 Å². The molecule has 2 heterocycles. The van der Waals surface area contributed by atoms with Crippen LogP contribution in [0.1, 0.15) is 37.3 Å². The predicted octanol–water partition coefficient (Wildman–Crippen LogP) is 2.69. The van der Waals surface area contributed by atoms with Crippen molar-refractivity contribution < 1.29 is 4.74 Å². The van der Waals surface area contributed by atoms with Crippen LogP contribution in [0.4, 0.5) is 0 Å². The van der Waals surface area contributed by atoms with Crippen LogP contribution in [-0.2, 0) is 11.3 Å². The minimum absolute atomic E-state index is 0. The lowest BCUT2D eigenvalue weighted by atomic mass is 10.0. The topological polar surface area (TPSA) is 58.5 Å². The van der Waals surface area contributed by atoms with Crippen LogP contribution in [0.5, 0.6) is 0 Å². The first-order valence-corrected chi connectivity index (χ1v) is 8.06. The molecule has 2 rings (SSSR count). The summed E-state index contributed by atoms with van der Waals surface area (Å²) in [5, 5.41) is 6.66. The number of nitrogens with one attached hydrogen (secondary N) is 2. The van der Waals surface area contributed by atoms with Crippen LogP contribution in [0, 0.1) is 6.92 Å². The Morgan fingerprint density at radius 3 is 2.90 bits per heavy atom. The second-order valence-electron chi connectivity index (χ2n) is 5.31. The van der Waals surface area contributed by atoms with Gasteiger partial charge in [-0.3, -0.25) is 0 Å². The smallest absolute Gasteiger partial charge is 0.191 e. The molecule has 7 heteroatoms. The zero-order valence-electron chi connectivity index (χ0n) is 12.9. The van der Waals surface area contributed by atoms with Gasteiger partial charge < -0.3 is 15.4 Å². The van der Waals surface area contributed by atoms with E-state index in [9.17, 15) is 0 Å². The van der Waals surface area contributed by atoms with Crippen molar-refractivity contribution in [3.8, 4) is 0 Å². The van der Waals surface area contributed by atoms with E-state index in [0.29, 0.717) is 6.54 Å². The Balaban J connectivity index is 0.00000220. The SMILES string of the molecule is CCNC(=NCc1scnc1C)NCC1(C)CCCO1.I. The van der Waals surface area contributed by atoms with Crippen LogP contribution in [0.3, 0.4) is 0 Å². The van der Waals surface area contributed by atoms with E-state index in [-0.39, 0.29) is 29.6 Å². The number of aliphatic imine (C=N–C) groups is 1. The van der Waals surface area contributed by atoms with Crippen molar-refractivity contribution in [3.05, 3.63) is 16.1 Å². The second-order valence-corrected chi connectivity index (χ2v) is 6.25. The van der Waals surface area contributed by atoms with E-state index in [1.165, 1.54) is 4.88 Å². The highest BCUT2D eigenvalue weighted by Gasteiger charge is 2.29. The molecule has 0 bridgehead atoms. The molecule has 1 aliphatic rings. The zero-order chi connectivity index (χ0) is 14.4. The summed E-state index contributed by atoms with van der Waals surface area (Å²) in [4.78, 5) is 10.1. The molecule has 21 heavy (non-hydrogen) atoms. The van der Waals surface area contributed by atoms with Gasteiger partial charge >= 0.3 is 0 Å². The number of hydrogen-bond acceptors (Lipinski definition) is 4. The molecule has 5 nitrogen and oxygen atoms in total. The lowest BCUT2D eigenvalue weighted by Crippen LogP contribution is -2.45. The molecule has 0 radical (unpaired) electrons. The summed E-state index contributed by atoms with van der Waals surface area (Å²) in [7, 11) is 0. The number of aryl methyl sites for hydroxylation is 1. The van der Waals surface area contributed by atoms with Crippen molar-refractivity contribution in [1.82, 2.24) is 15.6 Å². The monoisotopic (exact) mass is 424 g/mol. The third-order valence-electron chi connectivity index (χ3n) is 3.50. The highest BCUT2D eigenvalue weighted by molar-refractivity contribution is 14.0. The van der Waals surface area contributed by atoms with Gasteiger partial charge in [-0.2, -0.15) is 0 Å². The van der Waals surface area contributed by atoms with Gasteiger partial charge in [0, 0.05) is 24.6 Å². The second kappa shape index (κ2) is 8.89. The predicted molar refractivity (Wildman–Crippen MR) is 98.7 cm³/mol. The molecule has 1 saturated heterocycles.